The predicted octanol–water partition coefficient (Wildman–Crippen LogP) is 1.13. The minimum absolute atomic E-state index is 0.0965. The zero-order chi connectivity index (χ0) is 12.8. The zero-order valence-electron chi connectivity index (χ0n) is 9.77. The minimum Gasteiger partial charge on any atom is -0.508 e. The Morgan fingerprint density at radius 1 is 1.35 bits per heavy atom. The standard InChI is InChI=1S/C12H15NO4/c1-3-10(15)13-11(12(16)17-2)8-4-6-9(14)7-5-8/h4-7,11,14H,3H2,1-2H3,(H,13,15). The highest BCUT2D eigenvalue weighted by atomic mass is 16.5. The van der Waals surface area contributed by atoms with Crippen LogP contribution in [0.3, 0.4) is 0 Å². The summed E-state index contributed by atoms with van der Waals surface area (Å²) in [5.74, 6) is -0.690. The third kappa shape index (κ3) is 3.48. The van der Waals surface area contributed by atoms with Gasteiger partial charge in [-0.15, -0.1) is 0 Å². The van der Waals surface area contributed by atoms with E-state index in [0.29, 0.717) is 5.56 Å². The highest BCUT2D eigenvalue weighted by Gasteiger charge is 2.22. The summed E-state index contributed by atoms with van der Waals surface area (Å²) >= 11 is 0. The SMILES string of the molecule is CCC(=O)NC(C(=O)OC)c1ccc(O)cc1. The largest absolute Gasteiger partial charge is 0.508 e. The maximum atomic E-state index is 11.5. The van der Waals surface area contributed by atoms with Crippen LogP contribution in [0.5, 0.6) is 5.75 Å². The Labute approximate surface area is 99.4 Å². The number of esters is 1. The third-order valence-electron chi connectivity index (χ3n) is 2.29. The number of nitrogens with one attached hydrogen (secondary N) is 1. The molecule has 0 saturated heterocycles. The third-order valence-corrected chi connectivity index (χ3v) is 2.29. The topological polar surface area (TPSA) is 75.6 Å². The second-order valence-corrected chi connectivity index (χ2v) is 3.47. The summed E-state index contributed by atoms with van der Waals surface area (Å²) < 4.78 is 4.63. The molecule has 0 bridgehead atoms. The average molecular weight is 237 g/mol. The first kappa shape index (κ1) is 13.0. The van der Waals surface area contributed by atoms with Gasteiger partial charge in [-0.3, -0.25) is 4.79 Å². The average Bonchev–Trinajstić information content (AvgIpc) is 2.36. The molecule has 0 aliphatic rings. The summed E-state index contributed by atoms with van der Waals surface area (Å²) in [6, 6.07) is 5.18. The number of carbonyl (C=O) groups is 2. The molecule has 17 heavy (non-hydrogen) atoms. The first-order valence-corrected chi connectivity index (χ1v) is 5.24. The number of methoxy groups -OCH3 is 1. The van der Waals surface area contributed by atoms with Crippen LogP contribution in [0, 0.1) is 0 Å². The Morgan fingerprint density at radius 3 is 2.41 bits per heavy atom. The minimum atomic E-state index is -0.840. The lowest BCUT2D eigenvalue weighted by molar-refractivity contribution is -0.145. The molecule has 1 aromatic carbocycles. The Bertz CT molecular complexity index is 399. The molecular formula is C12H15NO4. The normalized spacial score (nSPS) is 11.6. The number of carbonyl (C=O) groups excluding carboxylic acids is 2. The van der Waals surface area contributed by atoms with Gasteiger partial charge in [0, 0.05) is 6.42 Å². The molecule has 5 nitrogen and oxygen atoms in total. The smallest absolute Gasteiger partial charge is 0.333 e. The van der Waals surface area contributed by atoms with E-state index < -0.39 is 12.0 Å². The van der Waals surface area contributed by atoms with Gasteiger partial charge in [0.05, 0.1) is 7.11 Å². The van der Waals surface area contributed by atoms with Gasteiger partial charge in [0.25, 0.3) is 0 Å². The van der Waals surface area contributed by atoms with E-state index in [1.807, 2.05) is 0 Å². The summed E-state index contributed by atoms with van der Waals surface area (Å²) in [5.41, 5.74) is 0.566. The number of hydrogen-bond acceptors (Lipinski definition) is 4. The van der Waals surface area contributed by atoms with Crippen molar-refractivity contribution in [2.45, 2.75) is 19.4 Å². The second-order valence-electron chi connectivity index (χ2n) is 3.47. The molecule has 0 aliphatic heterocycles. The summed E-state index contributed by atoms with van der Waals surface area (Å²) in [6.07, 6.45) is 0.283. The number of rotatable bonds is 4. The summed E-state index contributed by atoms with van der Waals surface area (Å²) in [6.45, 7) is 1.69. The molecule has 2 N–H and O–H groups in total. The Morgan fingerprint density at radius 2 is 1.94 bits per heavy atom. The van der Waals surface area contributed by atoms with Crippen molar-refractivity contribution < 1.29 is 19.4 Å². The van der Waals surface area contributed by atoms with Gasteiger partial charge in [0.15, 0.2) is 6.04 Å². The maximum Gasteiger partial charge on any atom is 0.333 e. The number of benzene rings is 1. The number of amides is 1. The quantitative estimate of drug-likeness (QED) is 0.770. The molecule has 1 rings (SSSR count). The van der Waals surface area contributed by atoms with Crippen molar-refractivity contribution in [1.82, 2.24) is 5.32 Å². The molecule has 0 heterocycles. The van der Waals surface area contributed by atoms with Crippen LogP contribution in [0.15, 0.2) is 24.3 Å². The molecule has 1 aromatic rings. The number of phenolic OH excluding ortho intramolecular Hbond substituents is 1. The van der Waals surface area contributed by atoms with Gasteiger partial charge in [-0.1, -0.05) is 19.1 Å². The molecule has 92 valence electrons. The van der Waals surface area contributed by atoms with Crippen LogP contribution >= 0.6 is 0 Å². The van der Waals surface area contributed by atoms with E-state index in [1.165, 1.54) is 19.2 Å². The molecule has 1 atom stereocenters. The van der Waals surface area contributed by atoms with Crippen LogP contribution in [0.2, 0.25) is 0 Å². The lowest BCUT2D eigenvalue weighted by Crippen LogP contribution is -2.34. The summed E-state index contributed by atoms with van der Waals surface area (Å²) in [4.78, 5) is 22.9. The molecule has 0 fully saturated rings. The number of hydrogen-bond donors (Lipinski definition) is 2. The van der Waals surface area contributed by atoms with E-state index >= 15 is 0 Å². The monoisotopic (exact) mass is 237 g/mol. The molecule has 0 aliphatic carbocycles. The van der Waals surface area contributed by atoms with Gasteiger partial charge in [0.1, 0.15) is 5.75 Å². The second kappa shape index (κ2) is 5.89. The van der Waals surface area contributed by atoms with Crippen LogP contribution in [0.1, 0.15) is 24.9 Å². The van der Waals surface area contributed by atoms with Gasteiger partial charge < -0.3 is 15.2 Å². The number of ether oxygens (including phenoxy) is 1. The molecular weight excluding hydrogens is 222 g/mol. The first-order valence-electron chi connectivity index (χ1n) is 5.24. The van der Waals surface area contributed by atoms with E-state index in [4.69, 9.17) is 5.11 Å². The number of phenols is 1. The number of aromatic hydroxyl groups is 1. The van der Waals surface area contributed by atoms with Crippen molar-refractivity contribution >= 4 is 11.9 Å². The Balaban J connectivity index is 2.93. The van der Waals surface area contributed by atoms with E-state index in [-0.39, 0.29) is 18.1 Å². The van der Waals surface area contributed by atoms with Gasteiger partial charge in [-0.05, 0) is 17.7 Å². The lowest BCUT2D eigenvalue weighted by atomic mass is 10.1. The Kier molecular flexibility index (Phi) is 4.51. The fourth-order valence-electron chi connectivity index (χ4n) is 1.33. The molecule has 5 heteroatoms. The summed E-state index contributed by atoms with van der Waals surface area (Å²) in [5, 5.41) is 11.7. The van der Waals surface area contributed by atoms with E-state index in [2.05, 4.69) is 10.1 Å². The predicted molar refractivity (Wildman–Crippen MR) is 61.3 cm³/mol. The molecule has 0 radical (unpaired) electrons. The van der Waals surface area contributed by atoms with Crippen molar-refractivity contribution in [2.24, 2.45) is 0 Å². The first-order chi connectivity index (χ1) is 8.08. The molecule has 0 aromatic heterocycles. The highest BCUT2D eigenvalue weighted by molar-refractivity contribution is 5.85. The highest BCUT2D eigenvalue weighted by Crippen LogP contribution is 2.18. The van der Waals surface area contributed by atoms with Gasteiger partial charge in [-0.25, -0.2) is 4.79 Å². The fourth-order valence-corrected chi connectivity index (χ4v) is 1.33. The van der Waals surface area contributed by atoms with Crippen molar-refractivity contribution in [3.63, 3.8) is 0 Å². The van der Waals surface area contributed by atoms with E-state index in [9.17, 15) is 9.59 Å². The van der Waals surface area contributed by atoms with Crippen molar-refractivity contribution in [3.8, 4) is 5.75 Å². The van der Waals surface area contributed by atoms with Crippen LogP contribution in [-0.2, 0) is 14.3 Å². The van der Waals surface area contributed by atoms with Crippen LogP contribution in [0.4, 0.5) is 0 Å². The van der Waals surface area contributed by atoms with Crippen LogP contribution in [0.25, 0.3) is 0 Å². The van der Waals surface area contributed by atoms with Crippen molar-refractivity contribution in [2.75, 3.05) is 7.11 Å². The van der Waals surface area contributed by atoms with Gasteiger partial charge >= 0.3 is 5.97 Å². The van der Waals surface area contributed by atoms with E-state index in [1.54, 1.807) is 19.1 Å². The zero-order valence-corrected chi connectivity index (χ0v) is 9.77. The van der Waals surface area contributed by atoms with Crippen molar-refractivity contribution in [1.29, 1.82) is 0 Å². The lowest BCUT2D eigenvalue weighted by Gasteiger charge is -2.16. The molecule has 0 saturated carbocycles. The van der Waals surface area contributed by atoms with E-state index in [0.717, 1.165) is 0 Å². The fraction of sp³-hybridized carbons (Fsp3) is 0.333. The maximum absolute atomic E-state index is 11.5. The molecule has 1 amide bonds. The summed E-state index contributed by atoms with van der Waals surface area (Å²) in [7, 11) is 1.26. The van der Waals surface area contributed by atoms with Crippen LogP contribution in [-0.4, -0.2) is 24.1 Å². The van der Waals surface area contributed by atoms with Gasteiger partial charge in [0.2, 0.25) is 5.91 Å². The molecule has 1 unspecified atom stereocenters. The van der Waals surface area contributed by atoms with Crippen LogP contribution < -0.4 is 5.32 Å². The molecule has 0 spiro atoms. The van der Waals surface area contributed by atoms with Crippen molar-refractivity contribution in [3.05, 3.63) is 29.8 Å². The Hall–Kier alpha value is -2.04. The van der Waals surface area contributed by atoms with Gasteiger partial charge in [-0.2, -0.15) is 0 Å².